The summed E-state index contributed by atoms with van der Waals surface area (Å²) in [5.41, 5.74) is 0. The fraction of sp³-hybridized carbons (Fsp3) is 0.938. The number of ether oxygens (including phenoxy) is 1. The molecule has 0 aliphatic carbocycles. The number of hydrogen-bond donors (Lipinski definition) is 0. The van der Waals surface area contributed by atoms with E-state index >= 15 is 0 Å². The molecule has 0 fully saturated rings. The third kappa shape index (κ3) is 13.9. The van der Waals surface area contributed by atoms with Crippen molar-refractivity contribution in [1.82, 2.24) is 0 Å². The predicted octanol–water partition coefficient (Wildman–Crippen LogP) is 5.54. The molecule has 0 saturated carbocycles. The summed E-state index contributed by atoms with van der Waals surface area (Å²) in [7, 11) is 1.78. The van der Waals surface area contributed by atoms with Gasteiger partial charge in [-0.1, -0.05) is 78.1 Å². The molecule has 0 unspecified atom stereocenters. The summed E-state index contributed by atoms with van der Waals surface area (Å²) < 4.78 is 5.11. The van der Waals surface area contributed by atoms with Crippen molar-refractivity contribution in [1.29, 1.82) is 0 Å². The van der Waals surface area contributed by atoms with Gasteiger partial charge in [0.15, 0.2) is 0 Å². The Bertz CT molecular complexity index is 133. The fourth-order valence-corrected chi connectivity index (χ4v) is 2.23. The molecule has 0 aromatic carbocycles. The zero-order valence-corrected chi connectivity index (χ0v) is 12.4. The van der Waals surface area contributed by atoms with Gasteiger partial charge in [-0.3, -0.25) is 0 Å². The molecule has 17 heavy (non-hydrogen) atoms. The normalized spacial score (nSPS) is 11.3. The minimum Gasteiger partial charge on any atom is -0.384 e. The number of hydrogen-bond acceptors (Lipinski definition) is 1. The fourth-order valence-electron chi connectivity index (χ4n) is 2.23. The van der Waals surface area contributed by atoms with Crippen LogP contribution in [0.3, 0.4) is 0 Å². The molecule has 0 heterocycles. The van der Waals surface area contributed by atoms with E-state index in [2.05, 4.69) is 13.8 Å². The maximum atomic E-state index is 5.11. The minimum atomic E-state index is 0.845. The van der Waals surface area contributed by atoms with Crippen LogP contribution in [-0.2, 0) is 4.74 Å². The zero-order chi connectivity index (χ0) is 12.8. The molecule has 0 bridgehead atoms. The Hall–Kier alpha value is -0.0400. The average molecular weight is 241 g/mol. The minimum absolute atomic E-state index is 0.845. The molecule has 1 radical (unpaired) electrons. The second-order valence-electron chi connectivity index (χ2n) is 5.32. The molecule has 0 spiro atoms. The van der Waals surface area contributed by atoms with E-state index in [1.54, 1.807) is 7.11 Å². The standard InChI is InChI=1S/C16H33O/c1-4-5-6-7-8-9-10-11-12-13-14-16(2)15-17-3/h4-15H2,1-3H3. The van der Waals surface area contributed by atoms with Crippen molar-refractivity contribution in [2.45, 2.75) is 84.5 Å². The van der Waals surface area contributed by atoms with E-state index in [-0.39, 0.29) is 0 Å². The average Bonchev–Trinajstić information content (AvgIpc) is 2.32. The van der Waals surface area contributed by atoms with E-state index in [4.69, 9.17) is 4.74 Å². The van der Waals surface area contributed by atoms with Crippen LogP contribution in [0.4, 0.5) is 0 Å². The van der Waals surface area contributed by atoms with Crippen LogP contribution in [0.1, 0.15) is 84.5 Å². The molecule has 0 amide bonds. The van der Waals surface area contributed by atoms with Gasteiger partial charge in [0.25, 0.3) is 0 Å². The predicted molar refractivity (Wildman–Crippen MR) is 77.3 cm³/mol. The Labute approximate surface area is 109 Å². The summed E-state index contributed by atoms with van der Waals surface area (Å²) in [6.45, 7) is 5.33. The number of rotatable bonds is 13. The summed E-state index contributed by atoms with van der Waals surface area (Å²) in [6.07, 6.45) is 15.5. The highest BCUT2D eigenvalue weighted by atomic mass is 16.5. The van der Waals surface area contributed by atoms with Crippen molar-refractivity contribution < 1.29 is 4.74 Å². The van der Waals surface area contributed by atoms with Crippen LogP contribution in [0.25, 0.3) is 0 Å². The highest BCUT2D eigenvalue weighted by Gasteiger charge is 2.01. The van der Waals surface area contributed by atoms with E-state index in [1.807, 2.05) is 0 Å². The molecule has 0 aromatic heterocycles. The molecule has 0 aliphatic rings. The third-order valence-corrected chi connectivity index (χ3v) is 3.35. The van der Waals surface area contributed by atoms with Crippen LogP contribution < -0.4 is 0 Å². The lowest BCUT2D eigenvalue weighted by Gasteiger charge is -2.08. The van der Waals surface area contributed by atoms with E-state index in [9.17, 15) is 0 Å². The number of methoxy groups -OCH3 is 1. The second kappa shape index (κ2) is 14.0. The summed E-state index contributed by atoms with van der Waals surface area (Å²) in [4.78, 5) is 0. The van der Waals surface area contributed by atoms with Crippen LogP contribution in [-0.4, -0.2) is 13.7 Å². The lowest BCUT2D eigenvalue weighted by atomic mass is 10.0. The van der Waals surface area contributed by atoms with Gasteiger partial charge in [0.05, 0.1) is 6.61 Å². The summed E-state index contributed by atoms with van der Waals surface area (Å²) in [6, 6.07) is 0. The van der Waals surface area contributed by atoms with Gasteiger partial charge < -0.3 is 4.74 Å². The SMILES string of the molecule is CCCCCCCCCCCC[C](C)COC. The van der Waals surface area contributed by atoms with Gasteiger partial charge in [-0.2, -0.15) is 0 Å². The molecule has 0 saturated heterocycles. The van der Waals surface area contributed by atoms with Crippen LogP contribution in [0.15, 0.2) is 0 Å². The molecular formula is C16H33O. The van der Waals surface area contributed by atoms with Crippen LogP contribution in [0, 0.1) is 5.92 Å². The maximum Gasteiger partial charge on any atom is 0.0522 e. The van der Waals surface area contributed by atoms with Crippen molar-refractivity contribution in [2.75, 3.05) is 13.7 Å². The van der Waals surface area contributed by atoms with Crippen molar-refractivity contribution in [3.05, 3.63) is 5.92 Å². The molecular weight excluding hydrogens is 208 g/mol. The quantitative estimate of drug-likeness (QED) is 0.385. The van der Waals surface area contributed by atoms with Crippen LogP contribution in [0.5, 0.6) is 0 Å². The van der Waals surface area contributed by atoms with E-state index in [1.165, 1.54) is 76.5 Å². The van der Waals surface area contributed by atoms with E-state index in [0.29, 0.717) is 0 Å². The van der Waals surface area contributed by atoms with Crippen LogP contribution >= 0.6 is 0 Å². The summed E-state index contributed by atoms with van der Waals surface area (Å²) in [5, 5.41) is 0. The van der Waals surface area contributed by atoms with E-state index in [0.717, 1.165) is 6.61 Å². The first-order chi connectivity index (χ1) is 8.31. The molecule has 0 aliphatic heterocycles. The van der Waals surface area contributed by atoms with Crippen molar-refractivity contribution in [3.8, 4) is 0 Å². The Morgan fingerprint density at radius 2 is 1.24 bits per heavy atom. The first-order valence-electron chi connectivity index (χ1n) is 7.61. The molecule has 0 aromatic rings. The Balaban J connectivity index is 2.98. The third-order valence-electron chi connectivity index (χ3n) is 3.35. The molecule has 0 atom stereocenters. The molecule has 1 nitrogen and oxygen atoms in total. The highest BCUT2D eigenvalue weighted by Crippen LogP contribution is 2.14. The van der Waals surface area contributed by atoms with Crippen LogP contribution in [0.2, 0.25) is 0 Å². The zero-order valence-electron chi connectivity index (χ0n) is 12.4. The highest BCUT2D eigenvalue weighted by molar-refractivity contribution is 4.82. The lowest BCUT2D eigenvalue weighted by molar-refractivity contribution is 0.206. The molecule has 0 rings (SSSR count). The maximum absolute atomic E-state index is 5.11. The Morgan fingerprint density at radius 1 is 0.765 bits per heavy atom. The van der Waals surface area contributed by atoms with Gasteiger partial charge >= 0.3 is 0 Å². The smallest absolute Gasteiger partial charge is 0.0522 e. The molecule has 103 valence electrons. The second-order valence-corrected chi connectivity index (χ2v) is 5.32. The van der Waals surface area contributed by atoms with Gasteiger partial charge in [-0.25, -0.2) is 0 Å². The first kappa shape index (κ1) is 17.0. The topological polar surface area (TPSA) is 9.23 Å². The van der Waals surface area contributed by atoms with Gasteiger partial charge in [0, 0.05) is 7.11 Å². The Kier molecular flexibility index (Phi) is 14.0. The van der Waals surface area contributed by atoms with Gasteiger partial charge in [-0.15, -0.1) is 0 Å². The summed E-state index contributed by atoms with van der Waals surface area (Å²) in [5.74, 6) is 1.49. The lowest BCUT2D eigenvalue weighted by Crippen LogP contribution is -2.00. The van der Waals surface area contributed by atoms with Crippen molar-refractivity contribution >= 4 is 0 Å². The van der Waals surface area contributed by atoms with Gasteiger partial charge in [0.1, 0.15) is 0 Å². The van der Waals surface area contributed by atoms with Gasteiger partial charge in [-0.05, 0) is 12.3 Å². The molecule has 0 N–H and O–H groups in total. The molecule has 1 heteroatoms. The van der Waals surface area contributed by atoms with Gasteiger partial charge in [0.2, 0.25) is 0 Å². The monoisotopic (exact) mass is 241 g/mol. The number of unbranched alkanes of at least 4 members (excludes halogenated alkanes) is 9. The van der Waals surface area contributed by atoms with E-state index < -0.39 is 0 Å². The summed E-state index contributed by atoms with van der Waals surface area (Å²) >= 11 is 0. The first-order valence-corrected chi connectivity index (χ1v) is 7.61. The van der Waals surface area contributed by atoms with Crippen molar-refractivity contribution in [3.63, 3.8) is 0 Å². The Morgan fingerprint density at radius 3 is 1.71 bits per heavy atom. The largest absolute Gasteiger partial charge is 0.384 e. The van der Waals surface area contributed by atoms with Crippen molar-refractivity contribution in [2.24, 2.45) is 0 Å².